The Labute approximate surface area is 98.0 Å². The largest absolute Gasteiger partial charge is 0.440 e. The zero-order chi connectivity index (χ0) is 10.8. The van der Waals surface area contributed by atoms with Crippen molar-refractivity contribution in [2.75, 3.05) is 5.73 Å². The molecule has 1 aromatic carbocycles. The lowest BCUT2D eigenvalue weighted by molar-refractivity contribution is 0.454. The van der Waals surface area contributed by atoms with Gasteiger partial charge in [0.15, 0.2) is 0 Å². The minimum Gasteiger partial charge on any atom is -0.440 e. The molecule has 0 saturated heterocycles. The summed E-state index contributed by atoms with van der Waals surface area (Å²) in [6, 6.07) is 2.86. The molecular weight excluding hydrogens is 283 g/mol. The molecule has 78 valence electrons. The van der Waals surface area contributed by atoms with Crippen LogP contribution in [0.3, 0.4) is 0 Å². The Morgan fingerprint density at radius 2 is 2.27 bits per heavy atom. The molecule has 0 aliphatic carbocycles. The molecule has 0 radical (unpaired) electrons. The summed E-state index contributed by atoms with van der Waals surface area (Å²) in [5, 5.41) is 0.472. The maximum Gasteiger partial charge on any atom is 0.260 e. The number of aromatic nitrogens is 1. The molecular formula is C9H6BrFN2OS. The highest BCUT2D eigenvalue weighted by Gasteiger charge is 2.09. The van der Waals surface area contributed by atoms with Gasteiger partial charge in [0.25, 0.3) is 5.22 Å². The Hall–Kier alpha value is -1.01. The van der Waals surface area contributed by atoms with Crippen molar-refractivity contribution >= 4 is 33.4 Å². The first-order valence-corrected chi connectivity index (χ1v) is 5.59. The average Bonchev–Trinajstić information content (AvgIpc) is 2.67. The molecule has 3 nitrogen and oxygen atoms in total. The van der Waals surface area contributed by atoms with Gasteiger partial charge in [0.2, 0.25) is 0 Å². The van der Waals surface area contributed by atoms with Gasteiger partial charge >= 0.3 is 0 Å². The van der Waals surface area contributed by atoms with Crippen molar-refractivity contribution in [3.63, 3.8) is 0 Å². The SMILES string of the molecule is Nc1cc(F)c(Br)cc1Sc1ncco1. The first-order chi connectivity index (χ1) is 7.16. The van der Waals surface area contributed by atoms with Gasteiger partial charge in [-0.05, 0) is 39.8 Å². The van der Waals surface area contributed by atoms with E-state index in [4.69, 9.17) is 10.2 Å². The molecule has 6 heteroatoms. The zero-order valence-corrected chi connectivity index (χ0v) is 9.81. The average molecular weight is 289 g/mol. The van der Waals surface area contributed by atoms with E-state index < -0.39 is 0 Å². The van der Waals surface area contributed by atoms with Crippen LogP contribution < -0.4 is 5.73 Å². The summed E-state index contributed by atoms with van der Waals surface area (Å²) in [5.41, 5.74) is 6.02. The van der Waals surface area contributed by atoms with Crippen molar-refractivity contribution in [2.45, 2.75) is 10.1 Å². The Bertz CT molecular complexity index is 475. The summed E-state index contributed by atoms with van der Waals surface area (Å²) in [6.07, 6.45) is 3.01. The summed E-state index contributed by atoms with van der Waals surface area (Å²) in [4.78, 5) is 4.64. The number of halogens is 2. The quantitative estimate of drug-likeness (QED) is 0.862. The first-order valence-electron chi connectivity index (χ1n) is 3.98. The number of hydrogen-bond donors (Lipinski definition) is 1. The number of benzene rings is 1. The third kappa shape index (κ3) is 2.32. The number of anilines is 1. The van der Waals surface area contributed by atoms with Crippen molar-refractivity contribution in [2.24, 2.45) is 0 Å². The minimum atomic E-state index is -0.385. The highest BCUT2D eigenvalue weighted by Crippen LogP contribution is 2.34. The van der Waals surface area contributed by atoms with Gasteiger partial charge in [-0.3, -0.25) is 0 Å². The molecule has 0 saturated carbocycles. The second-order valence-electron chi connectivity index (χ2n) is 2.70. The van der Waals surface area contributed by atoms with Crippen LogP contribution >= 0.6 is 27.7 Å². The van der Waals surface area contributed by atoms with Crippen LogP contribution in [0.5, 0.6) is 0 Å². The lowest BCUT2D eigenvalue weighted by atomic mass is 10.3. The summed E-state index contributed by atoms with van der Waals surface area (Å²) in [7, 11) is 0. The van der Waals surface area contributed by atoms with E-state index in [9.17, 15) is 4.39 Å². The van der Waals surface area contributed by atoms with E-state index in [0.29, 0.717) is 20.3 Å². The molecule has 0 aliphatic rings. The molecule has 1 aromatic heterocycles. The van der Waals surface area contributed by atoms with Crippen LogP contribution in [0.25, 0.3) is 0 Å². The molecule has 0 amide bonds. The number of oxazole rings is 1. The normalized spacial score (nSPS) is 10.5. The Morgan fingerprint density at radius 1 is 1.47 bits per heavy atom. The van der Waals surface area contributed by atoms with Crippen molar-refractivity contribution < 1.29 is 8.81 Å². The molecule has 0 spiro atoms. The molecule has 0 fully saturated rings. The van der Waals surface area contributed by atoms with Crippen LogP contribution in [0.1, 0.15) is 0 Å². The lowest BCUT2D eigenvalue weighted by Crippen LogP contribution is -1.91. The number of nitrogen functional groups attached to an aromatic ring is 1. The van der Waals surface area contributed by atoms with Gasteiger partial charge in [0.1, 0.15) is 12.1 Å². The molecule has 0 unspecified atom stereocenters. The number of hydrogen-bond acceptors (Lipinski definition) is 4. The van der Waals surface area contributed by atoms with Gasteiger partial charge in [0, 0.05) is 10.6 Å². The molecule has 0 atom stereocenters. The molecule has 2 aromatic rings. The van der Waals surface area contributed by atoms with Crippen LogP contribution in [0.2, 0.25) is 0 Å². The second-order valence-corrected chi connectivity index (χ2v) is 4.55. The molecule has 2 rings (SSSR count). The van der Waals surface area contributed by atoms with Crippen molar-refractivity contribution in [1.82, 2.24) is 4.98 Å². The Balaban J connectivity index is 2.33. The predicted octanol–water partition coefficient (Wildman–Crippen LogP) is 3.31. The van der Waals surface area contributed by atoms with E-state index in [1.54, 1.807) is 6.07 Å². The third-order valence-corrected chi connectivity index (χ3v) is 3.22. The van der Waals surface area contributed by atoms with E-state index in [0.717, 1.165) is 0 Å². The maximum atomic E-state index is 13.1. The summed E-state index contributed by atoms with van der Waals surface area (Å²) < 4.78 is 18.5. The van der Waals surface area contributed by atoms with Crippen molar-refractivity contribution in [3.05, 3.63) is 34.9 Å². The highest BCUT2D eigenvalue weighted by atomic mass is 79.9. The van der Waals surface area contributed by atoms with Gasteiger partial charge in [0.05, 0.1) is 10.7 Å². The molecule has 2 N–H and O–H groups in total. The number of nitrogens with two attached hydrogens (primary N) is 1. The molecule has 1 heterocycles. The van der Waals surface area contributed by atoms with Gasteiger partial charge < -0.3 is 10.2 Å². The minimum absolute atomic E-state index is 0.360. The fourth-order valence-electron chi connectivity index (χ4n) is 0.987. The van der Waals surface area contributed by atoms with Crippen LogP contribution in [0.15, 0.2) is 43.6 Å². The van der Waals surface area contributed by atoms with Crippen LogP contribution in [-0.4, -0.2) is 4.98 Å². The lowest BCUT2D eigenvalue weighted by Gasteiger charge is -2.03. The first kappa shape index (κ1) is 10.5. The highest BCUT2D eigenvalue weighted by molar-refractivity contribution is 9.10. The van der Waals surface area contributed by atoms with Crippen LogP contribution in [0.4, 0.5) is 10.1 Å². The van der Waals surface area contributed by atoms with E-state index in [1.807, 2.05) is 0 Å². The van der Waals surface area contributed by atoms with Crippen LogP contribution in [0, 0.1) is 5.82 Å². The van der Waals surface area contributed by atoms with E-state index in [-0.39, 0.29) is 5.82 Å². The number of nitrogens with zero attached hydrogens (tertiary/aromatic N) is 1. The monoisotopic (exact) mass is 288 g/mol. The van der Waals surface area contributed by atoms with Gasteiger partial charge in [-0.2, -0.15) is 0 Å². The van der Waals surface area contributed by atoms with Crippen molar-refractivity contribution in [3.8, 4) is 0 Å². The topological polar surface area (TPSA) is 52.0 Å². The summed E-state index contributed by atoms with van der Waals surface area (Å²) >= 11 is 4.33. The predicted molar refractivity (Wildman–Crippen MR) is 59.1 cm³/mol. The molecule has 0 aliphatic heterocycles. The second kappa shape index (κ2) is 4.24. The fraction of sp³-hybridized carbons (Fsp3) is 0. The summed E-state index contributed by atoms with van der Waals surface area (Å²) in [6.45, 7) is 0. The molecule has 0 bridgehead atoms. The molecule has 15 heavy (non-hydrogen) atoms. The summed E-state index contributed by atoms with van der Waals surface area (Å²) in [5.74, 6) is -0.385. The van der Waals surface area contributed by atoms with Crippen molar-refractivity contribution in [1.29, 1.82) is 0 Å². The number of rotatable bonds is 2. The maximum absolute atomic E-state index is 13.1. The standard InChI is InChI=1S/C9H6BrFN2OS/c10-5-3-8(7(12)4-6(5)11)15-9-13-1-2-14-9/h1-4H,12H2. The van der Waals surface area contributed by atoms with Crippen LogP contribution in [-0.2, 0) is 0 Å². The van der Waals surface area contributed by atoms with E-state index >= 15 is 0 Å². The van der Waals surface area contributed by atoms with Gasteiger partial charge in [-0.25, -0.2) is 9.37 Å². The van der Waals surface area contributed by atoms with E-state index in [2.05, 4.69) is 20.9 Å². The van der Waals surface area contributed by atoms with E-state index in [1.165, 1.54) is 30.3 Å². The third-order valence-electron chi connectivity index (χ3n) is 1.66. The zero-order valence-electron chi connectivity index (χ0n) is 7.41. The Kier molecular flexibility index (Phi) is 2.97. The Morgan fingerprint density at radius 3 is 2.93 bits per heavy atom. The van der Waals surface area contributed by atoms with Gasteiger partial charge in [-0.15, -0.1) is 0 Å². The van der Waals surface area contributed by atoms with Gasteiger partial charge in [-0.1, -0.05) is 0 Å². The smallest absolute Gasteiger partial charge is 0.260 e. The fourth-order valence-corrected chi connectivity index (χ4v) is 2.24.